The zero-order valence-corrected chi connectivity index (χ0v) is 8.07. The second-order valence-electron chi connectivity index (χ2n) is 3.08. The van der Waals surface area contributed by atoms with Crippen molar-refractivity contribution in [1.82, 2.24) is 0 Å². The van der Waals surface area contributed by atoms with Crippen LogP contribution in [0.25, 0.3) is 0 Å². The van der Waals surface area contributed by atoms with Crippen LogP contribution in [0, 0.1) is 11.8 Å². The van der Waals surface area contributed by atoms with Crippen LogP contribution in [0.2, 0.25) is 0 Å². The molecule has 0 saturated heterocycles. The maximum atomic E-state index is 3.66. The highest BCUT2D eigenvalue weighted by Gasteiger charge is 1.91. The van der Waals surface area contributed by atoms with Gasteiger partial charge in [-0.15, -0.1) is 0 Å². The highest BCUT2D eigenvalue weighted by Crippen LogP contribution is 2.08. The summed E-state index contributed by atoms with van der Waals surface area (Å²) in [6.07, 6.45) is 4.55. The first kappa shape index (κ1) is 9.43. The van der Waals surface area contributed by atoms with E-state index in [0.29, 0.717) is 0 Å². The van der Waals surface area contributed by atoms with Crippen LogP contribution in [0.5, 0.6) is 0 Å². The molecule has 1 aliphatic carbocycles. The van der Waals surface area contributed by atoms with Crippen molar-refractivity contribution in [2.75, 3.05) is 0 Å². The quantitative estimate of drug-likeness (QED) is 0.417. The molecule has 64 valence electrons. The molecular weight excluding hydrogens is 156 g/mol. The number of hydrogen-bond donors (Lipinski definition) is 0. The van der Waals surface area contributed by atoms with Gasteiger partial charge in [-0.3, -0.25) is 0 Å². The fraction of sp³-hybridized carbons (Fsp3) is 0.231. The Labute approximate surface area is 79.7 Å². The molecule has 1 aliphatic rings. The molecule has 13 heavy (non-hydrogen) atoms. The van der Waals surface area contributed by atoms with Gasteiger partial charge in [-0.05, 0) is 38.0 Å². The van der Waals surface area contributed by atoms with Gasteiger partial charge in [0.15, 0.2) is 0 Å². The third kappa shape index (κ3) is 3.06. The van der Waals surface area contributed by atoms with Gasteiger partial charge in [0.1, 0.15) is 0 Å². The van der Waals surface area contributed by atoms with Crippen LogP contribution >= 0.6 is 0 Å². The van der Waals surface area contributed by atoms with E-state index in [2.05, 4.69) is 36.8 Å². The maximum absolute atomic E-state index is 3.66. The Kier molecular flexibility index (Phi) is 3.18. The summed E-state index contributed by atoms with van der Waals surface area (Å²) in [5.41, 5.74) is 9.27. The molecule has 0 aromatic heterocycles. The lowest BCUT2D eigenvalue weighted by Crippen LogP contribution is -1.76. The second kappa shape index (κ2) is 4.39. The van der Waals surface area contributed by atoms with E-state index in [4.69, 9.17) is 0 Å². The average molecular weight is 168 g/mol. The second-order valence-corrected chi connectivity index (χ2v) is 3.08. The topological polar surface area (TPSA) is 0 Å². The molecule has 1 rings (SSSR count). The minimum Gasteiger partial charge on any atom is -0.0972 e. The van der Waals surface area contributed by atoms with Crippen LogP contribution in [0.15, 0.2) is 46.9 Å². The molecule has 0 radical (unpaired) electrons. The van der Waals surface area contributed by atoms with E-state index in [9.17, 15) is 0 Å². The molecule has 0 unspecified atom stereocenters. The third-order valence-electron chi connectivity index (χ3n) is 1.68. The average Bonchev–Trinajstić information content (AvgIpc) is 2.16. The van der Waals surface area contributed by atoms with E-state index in [1.807, 2.05) is 13.0 Å². The fourth-order valence-electron chi connectivity index (χ4n) is 1.06. The molecule has 0 atom stereocenters. The summed E-state index contributed by atoms with van der Waals surface area (Å²) in [5.74, 6) is 5.91. The molecular formula is C13H12. The van der Waals surface area contributed by atoms with Crippen LogP contribution in [0.4, 0.5) is 0 Å². The molecule has 0 bridgehead atoms. The van der Waals surface area contributed by atoms with Crippen LogP contribution in [0.3, 0.4) is 0 Å². The summed E-state index contributed by atoms with van der Waals surface area (Å²) in [4.78, 5) is 0. The molecule has 0 N–H and O–H groups in total. The number of rotatable bonds is 1. The van der Waals surface area contributed by atoms with Gasteiger partial charge in [-0.2, -0.15) is 0 Å². The van der Waals surface area contributed by atoms with Crippen molar-refractivity contribution in [1.29, 1.82) is 0 Å². The summed E-state index contributed by atoms with van der Waals surface area (Å²) in [6, 6.07) is 0. The van der Waals surface area contributed by atoms with Crippen LogP contribution in [-0.4, -0.2) is 0 Å². The Bertz CT molecular complexity index is 407. The highest BCUT2D eigenvalue weighted by molar-refractivity contribution is 5.40. The summed E-state index contributed by atoms with van der Waals surface area (Å²) in [7, 11) is 0. The van der Waals surface area contributed by atoms with E-state index in [1.54, 1.807) is 6.08 Å². The van der Waals surface area contributed by atoms with E-state index in [1.165, 1.54) is 11.1 Å². The first-order chi connectivity index (χ1) is 6.22. The van der Waals surface area contributed by atoms with Crippen molar-refractivity contribution in [3.05, 3.63) is 46.9 Å². The van der Waals surface area contributed by atoms with E-state index < -0.39 is 0 Å². The normalized spacial score (nSPS) is 15.1. The van der Waals surface area contributed by atoms with Crippen LogP contribution in [-0.2, 0) is 0 Å². The third-order valence-corrected chi connectivity index (χ3v) is 1.68. The Morgan fingerprint density at radius 2 is 2.15 bits per heavy atom. The van der Waals surface area contributed by atoms with Crippen molar-refractivity contribution in [2.45, 2.75) is 20.3 Å². The molecule has 0 spiro atoms. The lowest BCUT2D eigenvalue weighted by molar-refractivity contribution is 1.12. The number of hydrogen-bond acceptors (Lipinski definition) is 0. The Morgan fingerprint density at radius 3 is 2.85 bits per heavy atom. The zero-order valence-electron chi connectivity index (χ0n) is 8.07. The SMILES string of the molecule is C=CC1=C=C=C(C)CC(C)=CC#C1. The van der Waals surface area contributed by atoms with Crippen molar-refractivity contribution in [3.8, 4) is 11.8 Å². The van der Waals surface area contributed by atoms with Gasteiger partial charge in [0, 0.05) is 0 Å². The van der Waals surface area contributed by atoms with Crippen molar-refractivity contribution in [2.24, 2.45) is 0 Å². The predicted octanol–water partition coefficient (Wildman–Crippen LogP) is 3.15. The monoisotopic (exact) mass is 168 g/mol. The van der Waals surface area contributed by atoms with Crippen LogP contribution < -0.4 is 0 Å². The van der Waals surface area contributed by atoms with Gasteiger partial charge < -0.3 is 0 Å². The molecule has 0 aromatic rings. The Balaban J connectivity index is 3.27. The summed E-state index contributed by atoms with van der Waals surface area (Å²) in [6.45, 7) is 7.77. The first-order valence-corrected chi connectivity index (χ1v) is 4.23. The van der Waals surface area contributed by atoms with Gasteiger partial charge in [0.2, 0.25) is 0 Å². The lowest BCUT2D eigenvalue weighted by Gasteiger charge is -1.94. The van der Waals surface area contributed by atoms with E-state index in [0.717, 1.165) is 12.0 Å². The minimum absolute atomic E-state index is 0.797. The smallest absolute Gasteiger partial charge is 0.0745 e. The lowest BCUT2D eigenvalue weighted by atomic mass is 10.1. The van der Waals surface area contributed by atoms with Gasteiger partial charge in [-0.1, -0.05) is 35.5 Å². The predicted molar refractivity (Wildman–Crippen MR) is 56.1 cm³/mol. The van der Waals surface area contributed by atoms with Crippen molar-refractivity contribution >= 4 is 0 Å². The van der Waals surface area contributed by atoms with Crippen LogP contribution in [0.1, 0.15) is 20.3 Å². The molecule has 0 heteroatoms. The van der Waals surface area contributed by atoms with E-state index >= 15 is 0 Å². The fourth-order valence-corrected chi connectivity index (χ4v) is 1.06. The molecule has 0 saturated carbocycles. The minimum atomic E-state index is 0.797. The van der Waals surface area contributed by atoms with Gasteiger partial charge >= 0.3 is 0 Å². The molecule has 0 nitrogen and oxygen atoms in total. The highest BCUT2D eigenvalue weighted by atomic mass is 13.9. The molecule has 0 aliphatic heterocycles. The maximum Gasteiger partial charge on any atom is 0.0745 e. The Hall–Kier alpha value is -1.66. The molecule has 0 aromatic carbocycles. The Morgan fingerprint density at radius 1 is 1.38 bits per heavy atom. The number of allylic oxidation sites excluding steroid dienone is 5. The molecule has 0 heterocycles. The largest absolute Gasteiger partial charge is 0.0972 e. The van der Waals surface area contributed by atoms with Gasteiger partial charge in [0.05, 0.1) is 5.57 Å². The van der Waals surface area contributed by atoms with Crippen molar-refractivity contribution < 1.29 is 0 Å². The summed E-state index contributed by atoms with van der Waals surface area (Å²) >= 11 is 0. The van der Waals surface area contributed by atoms with E-state index in [-0.39, 0.29) is 0 Å². The first-order valence-electron chi connectivity index (χ1n) is 4.23. The van der Waals surface area contributed by atoms with Crippen molar-refractivity contribution in [3.63, 3.8) is 0 Å². The summed E-state index contributed by atoms with van der Waals surface area (Å²) < 4.78 is 0. The molecule has 0 amide bonds. The van der Waals surface area contributed by atoms with Gasteiger partial charge in [0.25, 0.3) is 0 Å². The summed E-state index contributed by atoms with van der Waals surface area (Å²) in [5, 5.41) is 0. The zero-order chi connectivity index (χ0) is 9.68. The van der Waals surface area contributed by atoms with Gasteiger partial charge in [-0.25, -0.2) is 0 Å². The standard InChI is InChI=1S/C13H12/c1-4-13-7-5-6-11(2)10-12(3)8-9-13/h4,6H,1,10H2,2-3H3. The molecule has 0 fully saturated rings.